The molecule has 1 aliphatic rings. The van der Waals surface area contributed by atoms with Gasteiger partial charge in [0.25, 0.3) is 0 Å². The molecular weight excluding hydrogens is 380 g/mol. The monoisotopic (exact) mass is 401 g/mol. The zero-order valence-electron chi connectivity index (χ0n) is 14.1. The van der Waals surface area contributed by atoms with Gasteiger partial charge in [0.2, 0.25) is 11.8 Å². The number of anilines is 1. The number of carbonyl (C=O) groups is 1. The first-order valence-electron chi connectivity index (χ1n) is 8.06. The highest BCUT2D eigenvalue weighted by molar-refractivity contribution is 5.92. The predicted octanol–water partition coefficient (Wildman–Crippen LogP) is 4.31. The van der Waals surface area contributed by atoms with Crippen LogP contribution < -0.4 is 15.8 Å². The van der Waals surface area contributed by atoms with Gasteiger partial charge >= 0.3 is 0 Å². The summed E-state index contributed by atoms with van der Waals surface area (Å²) in [5, 5.41) is 2.87. The van der Waals surface area contributed by atoms with Crippen LogP contribution in [0.15, 0.2) is 42.6 Å². The SMILES string of the molecule is Cl.Cl.NC1CCCC(C(=O)Nc2ccc(Oc3ccc(F)cc3)nc2)C1. The largest absolute Gasteiger partial charge is 0.439 e. The average molecular weight is 402 g/mol. The van der Waals surface area contributed by atoms with Gasteiger partial charge in [-0.25, -0.2) is 9.37 Å². The van der Waals surface area contributed by atoms with Gasteiger partial charge in [-0.05, 0) is 49.6 Å². The standard InChI is InChI=1S/C18H20FN3O2.2ClH/c19-13-4-7-16(8-5-13)24-17-9-6-15(11-21-17)22-18(23)12-2-1-3-14(20)10-12;;/h4-9,11-12,14H,1-3,10,20H2,(H,22,23);2*1H. The Balaban J connectivity index is 0.00000169. The summed E-state index contributed by atoms with van der Waals surface area (Å²) in [7, 11) is 0. The summed E-state index contributed by atoms with van der Waals surface area (Å²) in [6.07, 6.45) is 5.12. The molecule has 0 saturated heterocycles. The molecule has 3 rings (SSSR count). The summed E-state index contributed by atoms with van der Waals surface area (Å²) < 4.78 is 18.4. The molecule has 3 N–H and O–H groups in total. The number of ether oxygens (including phenoxy) is 1. The molecule has 1 heterocycles. The van der Waals surface area contributed by atoms with Crippen LogP contribution in [0, 0.1) is 11.7 Å². The zero-order valence-corrected chi connectivity index (χ0v) is 15.7. The second kappa shape index (κ2) is 10.3. The summed E-state index contributed by atoms with van der Waals surface area (Å²) in [6, 6.07) is 9.19. The van der Waals surface area contributed by atoms with Crippen molar-refractivity contribution in [1.82, 2.24) is 4.98 Å². The van der Waals surface area contributed by atoms with Crippen LogP contribution in [0.3, 0.4) is 0 Å². The van der Waals surface area contributed by atoms with Crippen molar-refractivity contribution >= 4 is 36.4 Å². The first kappa shape index (κ1) is 22.2. The van der Waals surface area contributed by atoms with E-state index in [1.54, 1.807) is 18.3 Å². The molecule has 5 nitrogen and oxygen atoms in total. The van der Waals surface area contributed by atoms with Gasteiger partial charge in [0, 0.05) is 18.0 Å². The molecule has 26 heavy (non-hydrogen) atoms. The maximum absolute atomic E-state index is 12.9. The van der Waals surface area contributed by atoms with Crippen LogP contribution >= 0.6 is 24.8 Å². The van der Waals surface area contributed by atoms with Gasteiger partial charge in [0.1, 0.15) is 11.6 Å². The van der Waals surface area contributed by atoms with E-state index in [-0.39, 0.29) is 48.5 Å². The smallest absolute Gasteiger partial charge is 0.227 e. The Bertz CT molecular complexity index is 699. The molecule has 0 aliphatic heterocycles. The van der Waals surface area contributed by atoms with E-state index in [2.05, 4.69) is 10.3 Å². The maximum Gasteiger partial charge on any atom is 0.227 e. The average Bonchev–Trinajstić information content (AvgIpc) is 2.59. The number of pyridine rings is 1. The molecule has 8 heteroatoms. The number of nitrogens with two attached hydrogens (primary N) is 1. The normalized spacial score (nSPS) is 18.8. The highest BCUT2D eigenvalue weighted by Crippen LogP contribution is 2.25. The van der Waals surface area contributed by atoms with E-state index in [1.807, 2.05) is 0 Å². The van der Waals surface area contributed by atoms with Crippen LogP contribution in [0.2, 0.25) is 0 Å². The summed E-state index contributed by atoms with van der Waals surface area (Å²) >= 11 is 0. The number of carbonyl (C=O) groups excluding carboxylic acids is 1. The number of rotatable bonds is 4. The molecule has 1 saturated carbocycles. The number of halogens is 3. The Labute approximate surface area is 164 Å². The summed E-state index contributed by atoms with van der Waals surface area (Å²) in [5.74, 6) is 0.495. The molecule has 1 aromatic carbocycles. The quantitative estimate of drug-likeness (QED) is 0.799. The van der Waals surface area contributed by atoms with Crippen LogP contribution in [0.5, 0.6) is 11.6 Å². The Morgan fingerprint density at radius 1 is 1.15 bits per heavy atom. The number of hydrogen-bond donors (Lipinski definition) is 2. The minimum Gasteiger partial charge on any atom is -0.439 e. The highest BCUT2D eigenvalue weighted by atomic mass is 35.5. The van der Waals surface area contributed by atoms with Crippen LogP contribution in [0.25, 0.3) is 0 Å². The van der Waals surface area contributed by atoms with Crippen molar-refractivity contribution in [3.05, 3.63) is 48.4 Å². The minimum atomic E-state index is -0.323. The summed E-state index contributed by atoms with van der Waals surface area (Å²) in [5.41, 5.74) is 6.54. The number of amides is 1. The molecule has 1 aromatic heterocycles. The molecule has 2 atom stereocenters. The lowest BCUT2D eigenvalue weighted by molar-refractivity contribution is -0.120. The molecule has 0 spiro atoms. The van der Waals surface area contributed by atoms with Crippen LogP contribution in [0.4, 0.5) is 10.1 Å². The molecule has 0 bridgehead atoms. The van der Waals surface area contributed by atoms with Crippen molar-refractivity contribution in [1.29, 1.82) is 0 Å². The Morgan fingerprint density at radius 3 is 2.50 bits per heavy atom. The van der Waals surface area contributed by atoms with E-state index >= 15 is 0 Å². The third-order valence-corrected chi connectivity index (χ3v) is 4.13. The number of nitrogens with one attached hydrogen (secondary N) is 1. The fraction of sp³-hybridized carbons (Fsp3) is 0.333. The maximum atomic E-state index is 12.9. The van der Waals surface area contributed by atoms with Gasteiger partial charge in [-0.2, -0.15) is 0 Å². The molecule has 2 aromatic rings. The number of hydrogen-bond acceptors (Lipinski definition) is 4. The van der Waals surface area contributed by atoms with Crippen molar-refractivity contribution in [3.8, 4) is 11.6 Å². The second-order valence-electron chi connectivity index (χ2n) is 6.05. The van der Waals surface area contributed by atoms with Gasteiger partial charge in [-0.15, -0.1) is 24.8 Å². The van der Waals surface area contributed by atoms with Crippen LogP contribution in [-0.2, 0) is 4.79 Å². The van der Waals surface area contributed by atoms with E-state index in [9.17, 15) is 9.18 Å². The minimum absolute atomic E-state index is 0. The van der Waals surface area contributed by atoms with Crippen LogP contribution in [-0.4, -0.2) is 16.9 Å². The van der Waals surface area contributed by atoms with Gasteiger partial charge in [-0.1, -0.05) is 6.42 Å². The van der Waals surface area contributed by atoms with E-state index < -0.39 is 0 Å². The lowest BCUT2D eigenvalue weighted by Crippen LogP contribution is -2.34. The molecule has 1 fully saturated rings. The Kier molecular flexibility index (Phi) is 8.78. The Morgan fingerprint density at radius 2 is 1.88 bits per heavy atom. The summed E-state index contributed by atoms with van der Waals surface area (Å²) in [4.78, 5) is 16.4. The van der Waals surface area contributed by atoms with Gasteiger partial charge in [0.05, 0.1) is 11.9 Å². The van der Waals surface area contributed by atoms with Crippen molar-refractivity contribution in [2.24, 2.45) is 11.7 Å². The fourth-order valence-electron chi connectivity index (χ4n) is 2.85. The molecule has 2 unspecified atom stereocenters. The van der Waals surface area contributed by atoms with Gasteiger partial charge in [-0.3, -0.25) is 4.79 Å². The van der Waals surface area contributed by atoms with Crippen molar-refractivity contribution in [2.75, 3.05) is 5.32 Å². The van der Waals surface area contributed by atoms with Crippen molar-refractivity contribution in [2.45, 2.75) is 31.7 Å². The van der Waals surface area contributed by atoms with Gasteiger partial charge < -0.3 is 15.8 Å². The topological polar surface area (TPSA) is 77.2 Å². The van der Waals surface area contributed by atoms with E-state index in [0.717, 1.165) is 25.7 Å². The van der Waals surface area contributed by atoms with E-state index in [4.69, 9.17) is 10.5 Å². The molecule has 142 valence electrons. The first-order valence-corrected chi connectivity index (χ1v) is 8.06. The van der Waals surface area contributed by atoms with Crippen molar-refractivity contribution < 1.29 is 13.9 Å². The number of aromatic nitrogens is 1. The third kappa shape index (κ3) is 6.12. The number of nitrogens with zero attached hydrogens (tertiary/aromatic N) is 1. The lowest BCUT2D eigenvalue weighted by atomic mass is 9.85. The van der Waals surface area contributed by atoms with E-state index in [0.29, 0.717) is 17.3 Å². The van der Waals surface area contributed by atoms with Crippen LogP contribution in [0.1, 0.15) is 25.7 Å². The second-order valence-corrected chi connectivity index (χ2v) is 6.05. The first-order chi connectivity index (χ1) is 11.6. The highest BCUT2D eigenvalue weighted by Gasteiger charge is 2.25. The fourth-order valence-corrected chi connectivity index (χ4v) is 2.85. The molecule has 1 amide bonds. The summed E-state index contributed by atoms with van der Waals surface area (Å²) in [6.45, 7) is 0. The predicted molar refractivity (Wildman–Crippen MR) is 104 cm³/mol. The van der Waals surface area contributed by atoms with Crippen molar-refractivity contribution in [3.63, 3.8) is 0 Å². The third-order valence-electron chi connectivity index (χ3n) is 4.13. The molecule has 1 aliphatic carbocycles. The lowest BCUT2D eigenvalue weighted by Gasteiger charge is -2.25. The number of benzene rings is 1. The Hall–Kier alpha value is -1.89. The van der Waals surface area contributed by atoms with E-state index in [1.165, 1.54) is 24.3 Å². The van der Waals surface area contributed by atoms with Gasteiger partial charge in [0.15, 0.2) is 0 Å². The molecule has 0 radical (unpaired) electrons. The molecular formula is C18H22Cl2FN3O2. The zero-order chi connectivity index (χ0) is 16.9.